The van der Waals surface area contributed by atoms with Gasteiger partial charge in [0.25, 0.3) is 0 Å². The van der Waals surface area contributed by atoms with Crippen molar-refractivity contribution in [2.75, 3.05) is 12.8 Å². The van der Waals surface area contributed by atoms with Gasteiger partial charge in [-0.05, 0) is 18.3 Å². The molecular formula is C10H11ClFN3O2S2. The Morgan fingerprint density at radius 2 is 2.21 bits per heavy atom. The van der Waals surface area contributed by atoms with Crippen LogP contribution in [0.25, 0.3) is 11.0 Å². The normalized spacial score (nSPS) is 12.2. The Morgan fingerprint density at radius 1 is 1.53 bits per heavy atom. The van der Waals surface area contributed by atoms with E-state index in [1.165, 1.54) is 12.1 Å². The molecule has 0 aliphatic heterocycles. The molecule has 2 N–H and O–H groups in total. The molecule has 0 aliphatic carbocycles. The maximum atomic E-state index is 13.4. The van der Waals surface area contributed by atoms with E-state index in [9.17, 15) is 12.8 Å². The van der Waals surface area contributed by atoms with Crippen LogP contribution in [0.2, 0.25) is 5.02 Å². The summed E-state index contributed by atoms with van der Waals surface area (Å²) in [6.07, 6.45) is 1.07. The number of halogens is 2. The highest BCUT2D eigenvalue weighted by atomic mass is 35.5. The summed E-state index contributed by atoms with van der Waals surface area (Å²) < 4.78 is 39.7. The first kappa shape index (κ1) is 14.4. The number of fused-ring (bicyclic) bond motifs is 1. The van der Waals surface area contributed by atoms with Gasteiger partial charge in [0.2, 0.25) is 10.0 Å². The van der Waals surface area contributed by atoms with E-state index in [1.807, 2.05) is 0 Å². The van der Waals surface area contributed by atoms with E-state index in [0.717, 1.165) is 6.26 Å². The largest absolute Gasteiger partial charge is 0.331 e. The molecule has 1 aromatic heterocycles. The lowest BCUT2D eigenvalue weighted by atomic mass is 10.3. The quantitative estimate of drug-likeness (QED) is 0.846. The van der Waals surface area contributed by atoms with Crippen LogP contribution in [-0.4, -0.2) is 30.8 Å². The van der Waals surface area contributed by atoms with E-state index in [0.29, 0.717) is 22.3 Å². The molecule has 2 aromatic rings. The molecule has 0 atom stereocenters. The molecule has 1 aromatic carbocycles. The minimum Gasteiger partial charge on any atom is -0.331 e. The average Bonchev–Trinajstić information content (AvgIpc) is 2.55. The molecule has 19 heavy (non-hydrogen) atoms. The second-order valence-electron chi connectivity index (χ2n) is 4.03. The van der Waals surface area contributed by atoms with Crippen LogP contribution in [0.1, 0.15) is 0 Å². The van der Waals surface area contributed by atoms with E-state index < -0.39 is 15.8 Å². The first-order valence-electron chi connectivity index (χ1n) is 5.30. The molecule has 104 valence electrons. The monoisotopic (exact) mass is 323 g/mol. The van der Waals surface area contributed by atoms with Crippen LogP contribution in [0.15, 0.2) is 12.1 Å². The number of rotatable bonds is 4. The van der Waals surface area contributed by atoms with Crippen molar-refractivity contribution in [2.45, 2.75) is 6.54 Å². The van der Waals surface area contributed by atoms with Crippen LogP contribution in [0.5, 0.6) is 0 Å². The Labute approximate surface area is 119 Å². The number of imidazole rings is 1. The minimum atomic E-state index is -3.26. The molecule has 0 bridgehead atoms. The van der Waals surface area contributed by atoms with Gasteiger partial charge in [-0.2, -0.15) is 0 Å². The number of nitrogens with zero attached hydrogens (tertiary/aromatic N) is 1. The SMILES string of the molecule is CS(=O)(=O)NCCn1c(=S)[nH]c2cc(Cl)c(F)cc21. The third-order valence-electron chi connectivity index (χ3n) is 2.52. The minimum absolute atomic E-state index is 0.00478. The van der Waals surface area contributed by atoms with Crippen molar-refractivity contribution in [1.82, 2.24) is 14.3 Å². The molecule has 5 nitrogen and oxygen atoms in total. The van der Waals surface area contributed by atoms with Crippen LogP contribution >= 0.6 is 23.8 Å². The summed E-state index contributed by atoms with van der Waals surface area (Å²) >= 11 is 10.8. The zero-order chi connectivity index (χ0) is 14.2. The van der Waals surface area contributed by atoms with E-state index in [2.05, 4.69) is 9.71 Å². The van der Waals surface area contributed by atoms with E-state index in [4.69, 9.17) is 23.8 Å². The van der Waals surface area contributed by atoms with Crippen LogP contribution in [0.3, 0.4) is 0 Å². The number of sulfonamides is 1. The summed E-state index contributed by atoms with van der Waals surface area (Å²) in [5.74, 6) is -0.548. The van der Waals surface area contributed by atoms with Gasteiger partial charge >= 0.3 is 0 Å². The summed E-state index contributed by atoms with van der Waals surface area (Å²) in [6, 6.07) is 2.72. The van der Waals surface area contributed by atoms with Crippen molar-refractivity contribution in [2.24, 2.45) is 0 Å². The zero-order valence-corrected chi connectivity index (χ0v) is 12.3. The summed E-state index contributed by atoms with van der Waals surface area (Å²) in [5, 5.41) is 0.00478. The van der Waals surface area contributed by atoms with Crippen LogP contribution < -0.4 is 4.72 Å². The lowest BCUT2D eigenvalue weighted by Crippen LogP contribution is -2.26. The molecule has 0 amide bonds. The summed E-state index contributed by atoms with van der Waals surface area (Å²) in [4.78, 5) is 2.89. The lowest BCUT2D eigenvalue weighted by molar-refractivity contribution is 0.579. The number of hydrogen-bond donors (Lipinski definition) is 2. The van der Waals surface area contributed by atoms with E-state index in [1.54, 1.807) is 4.57 Å². The predicted octanol–water partition coefficient (Wildman–Crippen LogP) is 2.04. The Bertz CT molecular complexity index is 782. The van der Waals surface area contributed by atoms with Gasteiger partial charge < -0.3 is 9.55 Å². The number of H-pyrrole nitrogens is 1. The fraction of sp³-hybridized carbons (Fsp3) is 0.300. The summed E-state index contributed by atoms with van der Waals surface area (Å²) in [6.45, 7) is 0.470. The van der Waals surface area contributed by atoms with Crippen LogP contribution in [-0.2, 0) is 16.6 Å². The first-order valence-corrected chi connectivity index (χ1v) is 7.98. The predicted molar refractivity (Wildman–Crippen MR) is 74.9 cm³/mol. The van der Waals surface area contributed by atoms with Crippen molar-refractivity contribution in [3.63, 3.8) is 0 Å². The van der Waals surface area contributed by atoms with Crippen LogP contribution in [0.4, 0.5) is 4.39 Å². The van der Waals surface area contributed by atoms with Gasteiger partial charge in [-0.15, -0.1) is 0 Å². The Morgan fingerprint density at radius 3 is 2.84 bits per heavy atom. The molecule has 2 rings (SSSR count). The number of benzene rings is 1. The number of aromatic amines is 1. The molecule has 9 heteroatoms. The second-order valence-corrected chi connectivity index (χ2v) is 6.66. The first-order chi connectivity index (χ1) is 8.78. The fourth-order valence-corrected chi connectivity index (χ4v) is 2.64. The molecule has 0 fully saturated rings. The van der Waals surface area contributed by atoms with Crippen molar-refractivity contribution in [3.05, 3.63) is 27.7 Å². The standard InChI is InChI=1S/C10H11ClFN3O2S2/c1-19(16,17)13-2-3-15-9-5-7(12)6(11)4-8(9)14-10(15)18/h4-5,13H,2-3H2,1H3,(H,14,18). The molecule has 0 spiro atoms. The fourth-order valence-electron chi connectivity index (χ4n) is 1.72. The number of aromatic nitrogens is 2. The highest BCUT2D eigenvalue weighted by Crippen LogP contribution is 2.22. The van der Waals surface area contributed by atoms with Gasteiger partial charge in [0.05, 0.1) is 22.3 Å². The van der Waals surface area contributed by atoms with Crippen molar-refractivity contribution >= 4 is 44.9 Å². The highest BCUT2D eigenvalue weighted by molar-refractivity contribution is 7.88. The Kier molecular flexibility index (Phi) is 3.95. The van der Waals surface area contributed by atoms with E-state index in [-0.39, 0.29) is 11.6 Å². The Balaban J connectivity index is 2.35. The topological polar surface area (TPSA) is 66.9 Å². The third kappa shape index (κ3) is 3.33. The average molecular weight is 324 g/mol. The number of hydrogen-bond acceptors (Lipinski definition) is 3. The van der Waals surface area contributed by atoms with Gasteiger partial charge in [-0.1, -0.05) is 11.6 Å². The van der Waals surface area contributed by atoms with Crippen LogP contribution in [0, 0.1) is 10.6 Å². The molecule has 0 saturated heterocycles. The number of nitrogens with one attached hydrogen (secondary N) is 2. The van der Waals surface area contributed by atoms with Gasteiger partial charge in [0, 0.05) is 19.2 Å². The Hall–Kier alpha value is -0.960. The lowest BCUT2D eigenvalue weighted by Gasteiger charge is -2.05. The summed E-state index contributed by atoms with van der Waals surface area (Å²) in [7, 11) is -3.26. The van der Waals surface area contributed by atoms with Gasteiger partial charge in [0.1, 0.15) is 5.82 Å². The third-order valence-corrected chi connectivity index (χ3v) is 3.86. The maximum absolute atomic E-state index is 13.4. The molecule has 0 unspecified atom stereocenters. The second kappa shape index (κ2) is 5.20. The smallest absolute Gasteiger partial charge is 0.208 e. The molecule has 0 aliphatic rings. The van der Waals surface area contributed by atoms with Crippen molar-refractivity contribution in [1.29, 1.82) is 0 Å². The highest BCUT2D eigenvalue weighted by Gasteiger charge is 2.09. The molecule has 0 saturated carbocycles. The molecule has 1 heterocycles. The maximum Gasteiger partial charge on any atom is 0.208 e. The summed E-state index contributed by atoms with van der Waals surface area (Å²) in [5.41, 5.74) is 1.15. The van der Waals surface area contributed by atoms with Crippen molar-refractivity contribution in [3.8, 4) is 0 Å². The molecular weight excluding hydrogens is 313 g/mol. The van der Waals surface area contributed by atoms with Gasteiger partial charge in [-0.25, -0.2) is 17.5 Å². The van der Waals surface area contributed by atoms with Gasteiger partial charge in [0.15, 0.2) is 4.77 Å². The van der Waals surface area contributed by atoms with Gasteiger partial charge in [-0.3, -0.25) is 0 Å². The zero-order valence-electron chi connectivity index (χ0n) is 9.91. The molecule has 0 radical (unpaired) electrons. The van der Waals surface area contributed by atoms with E-state index >= 15 is 0 Å². The van der Waals surface area contributed by atoms with Crippen molar-refractivity contribution < 1.29 is 12.8 Å².